The van der Waals surface area contributed by atoms with Gasteiger partial charge in [-0.2, -0.15) is 0 Å². The van der Waals surface area contributed by atoms with Crippen LogP contribution in [-0.2, 0) is 5.41 Å². The zero-order valence-electron chi connectivity index (χ0n) is 38.3. The van der Waals surface area contributed by atoms with E-state index in [1.165, 1.54) is 71.9 Å². The largest absolute Gasteiger partial charge is 0.310 e. The summed E-state index contributed by atoms with van der Waals surface area (Å²) in [6.45, 7) is 0. The Morgan fingerprint density at radius 3 is 1.51 bits per heavy atom. The minimum atomic E-state index is -0.588. The first-order valence-electron chi connectivity index (χ1n) is 24.2. The highest BCUT2D eigenvalue weighted by atomic mass is 15.2. The van der Waals surface area contributed by atoms with E-state index in [0.717, 1.165) is 45.3 Å². The van der Waals surface area contributed by atoms with Gasteiger partial charge in [0.25, 0.3) is 0 Å². The van der Waals surface area contributed by atoms with Crippen molar-refractivity contribution in [3.63, 3.8) is 0 Å². The van der Waals surface area contributed by atoms with Crippen molar-refractivity contribution in [3.8, 4) is 39.1 Å². The quantitative estimate of drug-likeness (QED) is 0.151. The number of hydrogen-bond donors (Lipinski definition) is 0. The molecule has 1 heterocycles. The number of aromatic nitrogens is 1. The highest BCUT2D eigenvalue weighted by Crippen LogP contribution is 2.65. The van der Waals surface area contributed by atoms with Crippen LogP contribution in [0.5, 0.6) is 0 Å². The molecule has 1 unspecified atom stereocenters. The van der Waals surface area contributed by atoms with Gasteiger partial charge in [0, 0.05) is 50.5 Å². The summed E-state index contributed by atoms with van der Waals surface area (Å²) in [5.74, 6) is 0. The summed E-state index contributed by atoms with van der Waals surface area (Å²) in [7, 11) is 0. The zero-order valence-corrected chi connectivity index (χ0v) is 38.3. The highest BCUT2D eigenvalue weighted by molar-refractivity contribution is 6.10. The van der Waals surface area contributed by atoms with Crippen LogP contribution in [-0.4, -0.2) is 4.57 Å². The second-order valence-electron chi connectivity index (χ2n) is 18.4. The molecule has 14 rings (SSSR count). The van der Waals surface area contributed by atoms with Crippen molar-refractivity contribution in [1.82, 2.24) is 4.57 Å². The van der Waals surface area contributed by atoms with E-state index in [-0.39, 0.29) is 0 Å². The summed E-state index contributed by atoms with van der Waals surface area (Å²) in [6.07, 6.45) is 0. The van der Waals surface area contributed by atoms with Crippen LogP contribution in [0.25, 0.3) is 60.9 Å². The summed E-state index contributed by atoms with van der Waals surface area (Å²) < 4.78 is 2.41. The molecule has 0 saturated heterocycles. The van der Waals surface area contributed by atoms with Gasteiger partial charge in [-0.15, -0.1) is 0 Å². The molecule has 328 valence electrons. The third-order valence-electron chi connectivity index (χ3n) is 14.8. The molecule has 0 amide bonds. The van der Waals surface area contributed by atoms with Crippen LogP contribution >= 0.6 is 0 Å². The second-order valence-corrected chi connectivity index (χ2v) is 18.4. The minimum absolute atomic E-state index is 0.588. The lowest BCUT2D eigenvalue weighted by Crippen LogP contribution is -2.26. The number of hydrogen-bond acceptors (Lipinski definition) is 2. The topological polar surface area (TPSA) is 11.4 Å². The van der Waals surface area contributed by atoms with E-state index in [9.17, 15) is 0 Å². The van der Waals surface area contributed by atoms with Crippen molar-refractivity contribution < 1.29 is 0 Å². The predicted octanol–water partition coefficient (Wildman–Crippen LogP) is 17.7. The zero-order chi connectivity index (χ0) is 46.2. The standard InChI is InChI=1S/C67H45N3/c1-5-20-46(21-6-1)47-36-38-51(39-37-47)68(53-41-43-57-56-29-15-18-34-63(56)70(65(57)45-53)50-26-11-4-12-27-50)52-40-42-55-54-28-13-16-31-59(54)67(62(55)44-52)60-32-17-14-30-58(60)66-61(67)33-19-35-64(66)69(48-22-7-2-8-23-48)49-24-9-3-10-25-49/h1-45H. The average molecular weight is 892 g/mol. The fourth-order valence-corrected chi connectivity index (χ4v) is 11.9. The van der Waals surface area contributed by atoms with Crippen molar-refractivity contribution in [2.45, 2.75) is 5.41 Å². The van der Waals surface area contributed by atoms with Crippen LogP contribution in [0.15, 0.2) is 273 Å². The number of para-hydroxylation sites is 4. The summed E-state index contributed by atoms with van der Waals surface area (Å²) in [5, 5.41) is 2.46. The fourth-order valence-electron chi connectivity index (χ4n) is 11.9. The Hall–Kier alpha value is -9.18. The van der Waals surface area contributed by atoms with Gasteiger partial charge in [-0.1, -0.05) is 188 Å². The smallest absolute Gasteiger partial charge is 0.0727 e. The molecule has 0 bridgehead atoms. The van der Waals surface area contributed by atoms with Crippen LogP contribution in [0.2, 0.25) is 0 Å². The lowest BCUT2D eigenvalue weighted by Gasteiger charge is -2.33. The molecule has 1 spiro atoms. The van der Waals surface area contributed by atoms with Crippen molar-refractivity contribution in [1.29, 1.82) is 0 Å². The molecule has 0 fully saturated rings. The molecule has 1 atom stereocenters. The first-order chi connectivity index (χ1) is 34.8. The molecule has 0 saturated carbocycles. The van der Waals surface area contributed by atoms with E-state index >= 15 is 0 Å². The summed E-state index contributed by atoms with van der Waals surface area (Å²) in [6, 6.07) is 100. The molecular weight excluding hydrogens is 847 g/mol. The molecule has 0 aliphatic heterocycles. The van der Waals surface area contributed by atoms with Crippen LogP contribution in [0.3, 0.4) is 0 Å². The molecule has 12 aromatic rings. The number of nitrogens with zero attached hydrogens (tertiary/aromatic N) is 3. The Balaban J connectivity index is 1.02. The number of rotatable bonds is 8. The minimum Gasteiger partial charge on any atom is -0.310 e. The molecule has 2 aliphatic carbocycles. The maximum Gasteiger partial charge on any atom is 0.0727 e. The Morgan fingerprint density at radius 2 is 0.786 bits per heavy atom. The lowest BCUT2D eigenvalue weighted by molar-refractivity contribution is 0.793. The van der Waals surface area contributed by atoms with Crippen LogP contribution < -0.4 is 9.80 Å². The van der Waals surface area contributed by atoms with Gasteiger partial charge < -0.3 is 14.4 Å². The summed E-state index contributed by atoms with van der Waals surface area (Å²) in [5.41, 5.74) is 22.2. The van der Waals surface area contributed by atoms with Crippen LogP contribution in [0.4, 0.5) is 34.1 Å². The van der Waals surface area contributed by atoms with Gasteiger partial charge in [0.1, 0.15) is 0 Å². The maximum absolute atomic E-state index is 2.50. The SMILES string of the molecule is c1ccc(-c2ccc(N(c3ccc4c(c3)C3(c5ccccc5-4)c4ccccc4-c4c(N(c5ccccc5)c5ccccc5)cccc43)c3ccc4c5ccccc5n(-c5ccccc5)c4c3)cc2)cc1. The predicted molar refractivity (Wildman–Crippen MR) is 292 cm³/mol. The summed E-state index contributed by atoms with van der Waals surface area (Å²) in [4.78, 5) is 4.89. The molecule has 2 aliphatic rings. The monoisotopic (exact) mass is 891 g/mol. The van der Waals surface area contributed by atoms with Crippen molar-refractivity contribution >= 4 is 55.9 Å². The Morgan fingerprint density at radius 1 is 0.286 bits per heavy atom. The van der Waals surface area contributed by atoms with Gasteiger partial charge in [0.2, 0.25) is 0 Å². The van der Waals surface area contributed by atoms with Gasteiger partial charge in [0.05, 0.1) is 22.1 Å². The number of fused-ring (bicyclic) bond motifs is 13. The molecule has 1 aromatic heterocycles. The van der Waals surface area contributed by atoms with Gasteiger partial charge in [0.15, 0.2) is 0 Å². The maximum atomic E-state index is 2.50. The van der Waals surface area contributed by atoms with Gasteiger partial charge in [-0.25, -0.2) is 0 Å². The molecule has 11 aromatic carbocycles. The molecule has 0 N–H and O–H groups in total. The molecule has 0 radical (unpaired) electrons. The van der Waals surface area contributed by atoms with Gasteiger partial charge in [-0.3, -0.25) is 0 Å². The van der Waals surface area contributed by atoms with E-state index < -0.39 is 5.41 Å². The van der Waals surface area contributed by atoms with Crippen molar-refractivity contribution in [3.05, 3.63) is 295 Å². The van der Waals surface area contributed by atoms with Gasteiger partial charge in [-0.05, 0) is 135 Å². The van der Waals surface area contributed by atoms with Crippen molar-refractivity contribution in [2.75, 3.05) is 9.80 Å². The first kappa shape index (κ1) is 39.9. The fraction of sp³-hybridized carbons (Fsp3) is 0.0149. The van der Waals surface area contributed by atoms with Crippen LogP contribution in [0, 0.1) is 0 Å². The molecular formula is C67H45N3. The summed E-state index contributed by atoms with van der Waals surface area (Å²) >= 11 is 0. The van der Waals surface area contributed by atoms with E-state index in [1.807, 2.05) is 0 Å². The lowest BCUT2D eigenvalue weighted by atomic mass is 9.70. The van der Waals surface area contributed by atoms with E-state index in [2.05, 4.69) is 287 Å². The molecule has 3 nitrogen and oxygen atoms in total. The van der Waals surface area contributed by atoms with Crippen molar-refractivity contribution in [2.24, 2.45) is 0 Å². The highest BCUT2D eigenvalue weighted by Gasteiger charge is 2.52. The third kappa shape index (κ3) is 5.95. The van der Waals surface area contributed by atoms with Gasteiger partial charge >= 0.3 is 0 Å². The van der Waals surface area contributed by atoms with E-state index in [4.69, 9.17) is 0 Å². The Bertz CT molecular complexity index is 3900. The number of anilines is 6. The number of benzene rings is 11. The normalized spacial score (nSPS) is 14.1. The third-order valence-corrected chi connectivity index (χ3v) is 14.8. The molecule has 3 heteroatoms. The van der Waals surface area contributed by atoms with E-state index in [1.54, 1.807) is 0 Å². The Labute approximate surface area is 408 Å². The van der Waals surface area contributed by atoms with Crippen LogP contribution in [0.1, 0.15) is 22.3 Å². The van der Waals surface area contributed by atoms with E-state index in [0.29, 0.717) is 0 Å². The average Bonchev–Trinajstić information content (AvgIpc) is 4.04. The first-order valence-corrected chi connectivity index (χ1v) is 24.2. The molecule has 70 heavy (non-hydrogen) atoms. The second kappa shape index (κ2) is 16.0. The Kier molecular flexibility index (Phi) is 9.11.